The van der Waals surface area contributed by atoms with E-state index in [0.29, 0.717) is 12.4 Å². The molecule has 2 rings (SSSR count). The molecule has 0 spiro atoms. The summed E-state index contributed by atoms with van der Waals surface area (Å²) in [4.78, 5) is 14.2. The number of aromatic hydroxyl groups is 2. The van der Waals surface area contributed by atoms with E-state index in [0.717, 1.165) is 25.7 Å². The monoisotopic (exact) mass is 283 g/mol. The minimum Gasteiger partial charge on any atom is -0.504 e. The highest BCUT2D eigenvalue weighted by atomic mass is 35.5. The van der Waals surface area contributed by atoms with Gasteiger partial charge in [-0.15, -0.1) is 11.6 Å². The summed E-state index contributed by atoms with van der Waals surface area (Å²) in [7, 11) is 0. The lowest BCUT2D eigenvalue weighted by atomic mass is 9.98. The lowest BCUT2D eigenvalue weighted by molar-refractivity contribution is 0.0605. The van der Waals surface area contributed by atoms with Gasteiger partial charge >= 0.3 is 0 Å². The van der Waals surface area contributed by atoms with Gasteiger partial charge in [0.05, 0.1) is 5.56 Å². The number of piperidine rings is 1. The van der Waals surface area contributed by atoms with Crippen molar-refractivity contribution in [3.05, 3.63) is 23.8 Å². The molecule has 5 heteroatoms. The van der Waals surface area contributed by atoms with Gasteiger partial charge in [-0.3, -0.25) is 4.79 Å². The first-order valence-corrected chi connectivity index (χ1v) is 7.06. The first-order valence-electron chi connectivity index (χ1n) is 6.53. The van der Waals surface area contributed by atoms with Crippen LogP contribution in [0.15, 0.2) is 18.2 Å². The van der Waals surface area contributed by atoms with E-state index < -0.39 is 0 Å². The summed E-state index contributed by atoms with van der Waals surface area (Å²) in [6.07, 6.45) is 3.76. The van der Waals surface area contributed by atoms with Gasteiger partial charge in [-0.25, -0.2) is 0 Å². The van der Waals surface area contributed by atoms with E-state index in [1.54, 1.807) is 11.0 Å². The third-order valence-electron chi connectivity index (χ3n) is 3.58. The maximum absolute atomic E-state index is 12.5. The van der Waals surface area contributed by atoms with E-state index in [1.807, 2.05) is 0 Å². The van der Waals surface area contributed by atoms with Crippen LogP contribution in [0.4, 0.5) is 0 Å². The summed E-state index contributed by atoms with van der Waals surface area (Å²) in [5, 5.41) is 19.3. The van der Waals surface area contributed by atoms with Crippen molar-refractivity contribution < 1.29 is 15.0 Å². The molecule has 0 radical (unpaired) electrons. The molecule has 1 heterocycles. The Bertz CT molecular complexity index is 462. The number of para-hydroxylation sites is 1. The third kappa shape index (κ3) is 2.95. The van der Waals surface area contributed by atoms with Crippen molar-refractivity contribution in [2.75, 3.05) is 12.4 Å². The molecule has 1 amide bonds. The maximum Gasteiger partial charge on any atom is 0.258 e. The third-order valence-corrected chi connectivity index (χ3v) is 3.79. The predicted octanol–water partition coefficient (Wildman–Crippen LogP) is 2.72. The van der Waals surface area contributed by atoms with Gasteiger partial charge in [-0.2, -0.15) is 0 Å². The quantitative estimate of drug-likeness (QED) is 0.662. The molecule has 1 aromatic rings. The van der Waals surface area contributed by atoms with Gasteiger partial charge in [0.2, 0.25) is 0 Å². The number of halogens is 1. The van der Waals surface area contributed by atoms with E-state index >= 15 is 0 Å². The minimum absolute atomic E-state index is 0.125. The molecule has 1 fully saturated rings. The molecule has 2 N–H and O–H groups in total. The molecule has 0 bridgehead atoms. The molecule has 4 nitrogen and oxygen atoms in total. The average molecular weight is 284 g/mol. The highest BCUT2D eigenvalue weighted by Gasteiger charge is 2.28. The normalized spacial score (nSPS) is 19.4. The lowest BCUT2D eigenvalue weighted by Gasteiger charge is -2.35. The van der Waals surface area contributed by atoms with Crippen LogP contribution in [-0.4, -0.2) is 39.5 Å². The summed E-state index contributed by atoms with van der Waals surface area (Å²) in [5.41, 5.74) is 0.154. The van der Waals surface area contributed by atoms with Crippen LogP contribution in [-0.2, 0) is 0 Å². The van der Waals surface area contributed by atoms with Crippen molar-refractivity contribution in [1.29, 1.82) is 0 Å². The molecule has 0 aromatic heterocycles. The molecule has 104 valence electrons. The van der Waals surface area contributed by atoms with Crippen molar-refractivity contribution in [2.24, 2.45) is 0 Å². The zero-order valence-corrected chi connectivity index (χ0v) is 11.4. The van der Waals surface area contributed by atoms with E-state index in [1.165, 1.54) is 12.1 Å². The number of amides is 1. The predicted molar refractivity (Wildman–Crippen MR) is 73.8 cm³/mol. The molecule has 1 aliphatic rings. The van der Waals surface area contributed by atoms with E-state index in [4.69, 9.17) is 11.6 Å². The number of phenolic OH excluding ortho intramolecular Hbond substituents is 2. The summed E-state index contributed by atoms with van der Waals surface area (Å²) < 4.78 is 0. The fourth-order valence-electron chi connectivity index (χ4n) is 2.55. The summed E-state index contributed by atoms with van der Waals surface area (Å²) in [5.74, 6) is -0.330. The smallest absolute Gasteiger partial charge is 0.258 e. The first-order chi connectivity index (χ1) is 9.15. The van der Waals surface area contributed by atoms with Gasteiger partial charge in [0.1, 0.15) is 0 Å². The number of carbonyl (C=O) groups excluding carboxylic acids is 1. The Morgan fingerprint density at radius 1 is 1.37 bits per heavy atom. The molecule has 1 saturated heterocycles. The topological polar surface area (TPSA) is 60.8 Å². The molecule has 1 aromatic carbocycles. The molecular weight excluding hydrogens is 266 g/mol. The largest absolute Gasteiger partial charge is 0.504 e. The highest BCUT2D eigenvalue weighted by Crippen LogP contribution is 2.31. The van der Waals surface area contributed by atoms with Gasteiger partial charge in [-0.1, -0.05) is 6.07 Å². The van der Waals surface area contributed by atoms with Crippen molar-refractivity contribution in [1.82, 2.24) is 4.90 Å². The lowest BCUT2D eigenvalue weighted by Crippen LogP contribution is -2.44. The van der Waals surface area contributed by atoms with Crippen molar-refractivity contribution in [3.63, 3.8) is 0 Å². The summed E-state index contributed by atoms with van der Waals surface area (Å²) in [6.45, 7) is 0.676. The SMILES string of the molecule is O=C(c1cccc(O)c1O)N1CCCCC1CCCl. The second-order valence-corrected chi connectivity index (χ2v) is 5.18. The number of rotatable bonds is 3. The Balaban J connectivity index is 2.23. The molecule has 0 saturated carbocycles. The second kappa shape index (κ2) is 6.15. The van der Waals surface area contributed by atoms with Crippen LogP contribution in [0.1, 0.15) is 36.0 Å². The van der Waals surface area contributed by atoms with Crippen molar-refractivity contribution >= 4 is 17.5 Å². The molecule has 0 aliphatic carbocycles. The molecule has 1 atom stereocenters. The highest BCUT2D eigenvalue weighted by molar-refractivity contribution is 6.17. The fourth-order valence-corrected chi connectivity index (χ4v) is 2.80. The van der Waals surface area contributed by atoms with E-state index in [2.05, 4.69) is 0 Å². The molecule has 1 unspecified atom stereocenters. The number of phenols is 2. The standard InChI is InChI=1S/C14H18ClNO3/c15-8-7-10-4-1-2-9-16(10)14(19)11-5-3-6-12(17)13(11)18/h3,5-6,10,17-18H,1-2,4,7-9H2. The summed E-state index contributed by atoms with van der Waals surface area (Å²) in [6, 6.07) is 4.57. The van der Waals surface area contributed by atoms with Crippen LogP contribution in [0.2, 0.25) is 0 Å². The fraction of sp³-hybridized carbons (Fsp3) is 0.500. The van der Waals surface area contributed by atoms with Gasteiger partial charge < -0.3 is 15.1 Å². The van der Waals surface area contributed by atoms with E-state index in [9.17, 15) is 15.0 Å². The molecule has 1 aliphatic heterocycles. The first kappa shape index (κ1) is 14.0. The second-order valence-electron chi connectivity index (χ2n) is 4.80. The van der Waals surface area contributed by atoms with Crippen LogP contribution in [0.25, 0.3) is 0 Å². The Morgan fingerprint density at radius 2 is 2.16 bits per heavy atom. The number of benzene rings is 1. The van der Waals surface area contributed by atoms with Crippen LogP contribution < -0.4 is 0 Å². The van der Waals surface area contributed by atoms with Crippen LogP contribution in [0, 0.1) is 0 Å². The number of hydrogen-bond acceptors (Lipinski definition) is 3. The number of likely N-dealkylation sites (tertiary alicyclic amines) is 1. The number of alkyl halides is 1. The Labute approximate surface area is 117 Å². The average Bonchev–Trinajstić information content (AvgIpc) is 2.42. The van der Waals surface area contributed by atoms with Crippen LogP contribution in [0.3, 0.4) is 0 Å². The maximum atomic E-state index is 12.5. The van der Waals surface area contributed by atoms with Crippen molar-refractivity contribution in [3.8, 4) is 11.5 Å². The zero-order chi connectivity index (χ0) is 13.8. The van der Waals surface area contributed by atoms with Crippen LogP contribution in [0.5, 0.6) is 11.5 Å². The Hall–Kier alpha value is -1.42. The Morgan fingerprint density at radius 3 is 2.89 bits per heavy atom. The number of hydrogen-bond donors (Lipinski definition) is 2. The summed E-state index contributed by atoms with van der Waals surface area (Å²) >= 11 is 5.78. The number of nitrogens with zero attached hydrogens (tertiary/aromatic N) is 1. The van der Waals surface area contributed by atoms with Gasteiger partial charge in [0, 0.05) is 18.5 Å². The van der Waals surface area contributed by atoms with E-state index in [-0.39, 0.29) is 29.0 Å². The van der Waals surface area contributed by atoms with Crippen molar-refractivity contribution in [2.45, 2.75) is 31.7 Å². The minimum atomic E-state index is -0.345. The Kier molecular flexibility index (Phi) is 4.53. The molecular formula is C14H18ClNO3. The van der Waals surface area contributed by atoms with Gasteiger partial charge in [0.15, 0.2) is 11.5 Å². The molecule has 19 heavy (non-hydrogen) atoms. The zero-order valence-electron chi connectivity index (χ0n) is 10.7. The van der Waals surface area contributed by atoms with Gasteiger partial charge in [0.25, 0.3) is 5.91 Å². The van der Waals surface area contributed by atoms with Crippen LogP contribution >= 0.6 is 11.6 Å². The van der Waals surface area contributed by atoms with Gasteiger partial charge in [-0.05, 0) is 37.8 Å². The number of carbonyl (C=O) groups is 1.